The zero-order valence-corrected chi connectivity index (χ0v) is 19.2. The molecule has 4 aliphatic rings. The molecule has 0 bridgehead atoms. The van der Waals surface area contributed by atoms with Crippen LogP contribution in [0, 0.1) is 64.6 Å². The van der Waals surface area contributed by atoms with Gasteiger partial charge in [-0.25, -0.2) is 0 Å². The largest absolute Gasteiger partial charge is 0.481 e. The molecule has 0 saturated heterocycles. The first-order chi connectivity index (χ1) is 14.5. The van der Waals surface area contributed by atoms with Crippen LogP contribution in [0.2, 0.25) is 0 Å². The normalized spacial score (nSPS) is 52.4. The summed E-state index contributed by atoms with van der Waals surface area (Å²) in [6, 6.07) is 0. The number of carboxylic acids is 1. The lowest BCUT2D eigenvalue weighted by atomic mass is 9.41. The van der Waals surface area contributed by atoms with Crippen molar-refractivity contribution in [1.82, 2.24) is 0 Å². The molecular formula is C26H40O5. The summed E-state index contributed by atoms with van der Waals surface area (Å²) >= 11 is 0. The average Bonchev–Trinajstić information content (AvgIpc) is 3.06. The Labute approximate surface area is 186 Å². The molecule has 4 fully saturated rings. The number of aliphatic carboxylic acids is 1. The highest BCUT2D eigenvalue weighted by molar-refractivity contribution is 5.66. The summed E-state index contributed by atoms with van der Waals surface area (Å²) in [4.78, 5) is 11.1. The number of carboxylic acid groups (broad SMARTS) is 1. The van der Waals surface area contributed by atoms with Crippen LogP contribution < -0.4 is 0 Å². The zero-order valence-electron chi connectivity index (χ0n) is 19.2. The summed E-state index contributed by atoms with van der Waals surface area (Å²) < 4.78 is 0. The van der Waals surface area contributed by atoms with Crippen molar-refractivity contribution in [2.75, 3.05) is 0 Å². The van der Waals surface area contributed by atoms with Gasteiger partial charge in [0.1, 0.15) is 0 Å². The predicted molar refractivity (Wildman–Crippen MR) is 118 cm³/mol. The fourth-order valence-electron chi connectivity index (χ4n) is 9.04. The molecule has 174 valence electrons. The second kappa shape index (κ2) is 8.04. The zero-order chi connectivity index (χ0) is 22.7. The van der Waals surface area contributed by atoms with E-state index in [-0.39, 0.29) is 58.7 Å². The number of fused-ring (bicyclic) bond motifs is 5. The van der Waals surface area contributed by atoms with Crippen LogP contribution in [0.5, 0.6) is 0 Å². The van der Waals surface area contributed by atoms with Crippen LogP contribution in [-0.2, 0) is 4.79 Å². The maximum absolute atomic E-state index is 11.6. The van der Waals surface area contributed by atoms with Gasteiger partial charge < -0.3 is 20.4 Å². The first-order valence-corrected chi connectivity index (χ1v) is 12.3. The minimum Gasteiger partial charge on any atom is -0.481 e. The van der Waals surface area contributed by atoms with E-state index in [0.29, 0.717) is 32.1 Å². The molecule has 0 amide bonds. The summed E-state index contributed by atoms with van der Waals surface area (Å²) in [6.45, 7) is 6.58. The highest BCUT2D eigenvalue weighted by atomic mass is 16.4. The van der Waals surface area contributed by atoms with E-state index in [4.69, 9.17) is 11.5 Å². The lowest BCUT2D eigenvalue weighted by Crippen LogP contribution is -2.64. The lowest BCUT2D eigenvalue weighted by molar-refractivity contribution is -0.215. The first-order valence-electron chi connectivity index (χ1n) is 12.3. The summed E-state index contributed by atoms with van der Waals surface area (Å²) in [5, 5.41) is 42.5. The molecule has 4 rings (SSSR count). The third-order valence-electron chi connectivity index (χ3n) is 10.7. The van der Waals surface area contributed by atoms with Gasteiger partial charge in [0.05, 0.1) is 18.3 Å². The molecule has 4 N–H and O–H groups in total. The van der Waals surface area contributed by atoms with Gasteiger partial charge in [-0.1, -0.05) is 20.8 Å². The molecule has 0 aliphatic heterocycles. The number of rotatable bonds is 4. The Balaban J connectivity index is 1.66. The van der Waals surface area contributed by atoms with E-state index in [2.05, 4.69) is 26.7 Å². The Kier molecular flexibility index (Phi) is 5.99. The van der Waals surface area contributed by atoms with Crippen LogP contribution in [0.15, 0.2) is 0 Å². The Morgan fingerprint density at radius 3 is 2.42 bits per heavy atom. The molecule has 12 atom stereocenters. The van der Waals surface area contributed by atoms with E-state index in [0.717, 1.165) is 12.8 Å². The fourth-order valence-corrected chi connectivity index (χ4v) is 9.04. The third kappa shape index (κ3) is 3.36. The van der Waals surface area contributed by atoms with Gasteiger partial charge in [-0.2, -0.15) is 0 Å². The number of aliphatic hydroxyl groups is 3. The lowest BCUT2D eigenvalue weighted by Gasteiger charge is -2.64. The Morgan fingerprint density at radius 2 is 1.77 bits per heavy atom. The average molecular weight is 433 g/mol. The molecule has 31 heavy (non-hydrogen) atoms. The van der Waals surface area contributed by atoms with Gasteiger partial charge >= 0.3 is 5.97 Å². The van der Waals surface area contributed by atoms with E-state index in [9.17, 15) is 20.1 Å². The van der Waals surface area contributed by atoms with Gasteiger partial charge in [0.25, 0.3) is 0 Å². The highest BCUT2D eigenvalue weighted by Gasteiger charge is 2.67. The van der Waals surface area contributed by atoms with E-state index < -0.39 is 24.3 Å². The van der Waals surface area contributed by atoms with E-state index in [1.54, 1.807) is 0 Å². The van der Waals surface area contributed by atoms with Crippen molar-refractivity contribution in [3.05, 3.63) is 0 Å². The summed E-state index contributed by atoms with van der Waals surface area (Å²) in [7, 11) is 0. The molecule has 0 radical (unpaired) electrons. The van der Waals surface area contributed by atoms with Crippen LogP contribution in [0.25, 0.3) is 0 Å². The second-order valence-electron chi connectivity index (χ2n) is 11.7. The quantitative estimate of drug-likeness (QED) is 0.511. The highest BCUT2D eigenvalue weighted by Crippen LogP contribution is 2.69. The fraction of sp³-hybridized carbons (Fsp3) is 0.885. The van der Waals surface area contributed by atoms with Crippen molar-refractivity contribution in [2.45, 2.75) is 90.4 Å². The van der Waals surface area contributed by atoms with Crippen LogP contribution in [-0.4, -0.2) is 44.7 Å². The topological polar surface area (TPSA) is 98.0 Å². The number of aliphatic hydroxyl groups excluding tert-OH is 3. The Morgan fingerprint density at radius 1 is 1.06 bits per heavy atom. The molecular weight excluding hydrogens is 392 g/mol. The monoisotopic (exact) mass is 432 g/mol. The smallest absolute Gasteiger partial charge is 0.303 e. The van der Waals surface area contributed by atoms with Gasteiger partial charge in [0.15, 0.2) is 0 Å². The van der Waals surface area contributed by atoms with E-state index in [1.165, 1.54) is 0 Å². The number of hydrogen-bond acceptors (Lipinski definition) is 4. The molecule has 5 heteroatoms. The predicted octanol–water partition coefficient (Wildman–Crippen LogP) is 3.31. The van der Waals surface area contributed by atoms with Gasteiger partial charge in [-0.3, -0.25) is 4.79 Å². The van der Waals surface area contributed by atoms with Crippen molar-refractivity contribution in [1.29, 1.82) is 0 Å². The van der Waals surface area contributed by atoms with Crippen molar-refractivity contribution in [2.24, 2.45) is 52.3 Å². The molecule has 5 nitrogen and oxygen atoms in total. The summed E-state index contributed by atoms with van der Waals surface area (Å²) in [5.41, 5.74) is -0.476. The molecule has 0 heterocycles. The molecule has 0 aromatic heterocycles. The van der Waals surface area contributed by atoms with E-state index in [1.807, 2.05) is 0 Å². The van der Waals surface area contributed by atoms with Crippen LogP contribution in [0.4, 0.5) is 0 Å². The maximum Gasteiger partial charge on any atom is 0.303 e. The second-order valence-corrected chi connectivity index (χ2v) is 11.7. The van der Waals surface area contributed by atoms with Crippen LogP contribution in [0.3, 0.4) is 0 Å². The number of carbonyl (C=O) groups is 1. The van der Waals surface area contributed by atoms with Crippen LogP contribution in [0.1, 0.15) is 72.1 Å². The Hall–Kier alpha value is -1.09. The van der Waals surface area contributed by atoms with Gasteiger partial charge in [-0.05, 0) is 91.3 Å². The minimum atomic E-state index is -0.766. The van der Waals surface area contributed by atoms with Gasteiger partial charge in [0.2, 0.25) is 0 Å². The summed E-state index contributed by atoms with van der Waals surface area (Å²) in [6.07, 6.45) is 9.98. The van der Waals surface area contributed by atoms with Gasteiger partial charge in [-0.15, -0.1) is 12.3 Å². The molecule has 4 saturated carbocycles. The minimum absolute atomic E-state index is 0.0375. The number of terminal acetylenes is 1. The molecule has 0 aromatic rings. The first kappa shape index (κ1) is 23.1. The summed E-state index contributed by atoms with van der Waals surface area (Å²) in [5.74, 6) is 3.32. The standard InChI is InChI=1S/C26H40O5/c1-5-15-10-17(27)11-16-12-21(28)24-19-8-7-18(14(2)6-9-23(30)31)26(19,4)22(29)13-20(24)25(15,16)3/h1,14-22,24,27-29H,6-13H2,2-4H3,(H,30,31)/t14-,15?,16+,17+,18-,19?,20?,21-,22+,24?,25+,26-/m1/s1. The third-order valence-corrected chi connectivity index (χ3v) is 10.7. The SMILES string of the molecule is C#CC1C[C@H](O)C[C@H]2C[C@@H](O)C3C(C[C@H](O)[C@@]4(C)C3CC[C@@H]4[C@H](C)CCC(=O)O)[C@@]12C. The van der Waals surface area contributed by atoms with Crippen LogP contribution >= 0.6 is 0 Å². The Bertz CT molecular complexity index is 745. The molecule has 4 unspecified atom stereocenters. The molecule has 4 aliphatic carbocycles. The van der Waals surface area contributed by atoms with Gasteiger partial charge in [0, 0.05) is 12.3 Å². The maximum atomic E-state index is 11.6. The number of hydrogen-bond donors (Lipinski definition) is 4. The molecule has 0 aromatic carbocycles. The van der Waals surface area contributed by atoms with Crippen molar-refractivity contribution in [3.8, 4) is 12.3 Å². The molecule has 0 spiro atoms. The van der Waals surface area contributed by atoms with Crippen molar-refractivity contribution in [3.63, 3.8) is 0 Å². The van der Waals surface area contributed by atoms with Crippen molar-refractivity contribution >= 4 is 5.97 Å². The van der Waals surface area contributed by atoms with Crippen molar-refractivity contribution < 1.29 is 25.2 Å². The van der Waals surface area contributed by atoms with E-state index >= 15 is 0 Å².